The van der Waals surface area contributed by atoms with Gasteiger partial charge in [0.25, 0.3) is 0 Å². The summed E-state index contributed by atoms with van der Waals surface area (Å²) < 4.78 is 0. The number of anilines is 1. The molecule has 2 N–H and O–H groups in total. The number of amides is 1. The Bertz CT molecular complexity index is 637. The van der Waals surface area contributed by atoms with Gasteiger partial charge in [-0.2, -0.15) is 0 Å². The number of aliphatic carboxylic acids is 1. The van der Waals surface area contributed by atoms with Gasteiger partial charge in [-0.05, 0) is 43.7 Å². The molecule has 1 saturated carbocycles. The van der Waals surface area contributed by atoms with E-state index in [1.54, 1.807) is 0 Å². The molecular formula is C21H31N3O3. The summed E-state index contributed by atoms with van der Waals surface area (Å²) in [7, 11) is 2.04. The lowest BCUT2D eigenvalue weighted by Crippen LogP contribution is -2.47. The Morgan fingerprint density at radius 1 is 1.22 bits per heavy atom. The Hall–Kier alpha value is -2.08. The average molecular weight is 373 g/mol. The molecule has 6 heteroatoms. The van der Waals surface area contributed by atoms with Crippen LogP contribution in [-0.4, -0.2) is 60.6 Å². The van der Waals surface area contributed by atoms with Crippen molar-refractivity contribution in [1.82, 2.24) is 10.2 Å². The summed E-state index contributed by atoms with van der Waals surface area (Å²) in [5, 5.41) is 12.5. The molecule has 0 bridgehead atoms. The van der Waals surface area contributed by atoms with Crippen LogP contribution in [0.15, 0.2) is 30.3 Å². The SMILES string of the molecule is CN(CCCNC(=O)CN1C(C(=O)O)CC2CCCCC21)c1ccccc1. The predicted molar refractivity (Wildman–Crippen MR) is 106 cm³/mol. The normalized spacial score (nSPS) is 25.0. The molecule has 3 atom stereocenters. The zero-order chi connectivity index (χ0) is 19.2. The molecule has 2 fully saturated rings. The van der Waals surface area contributed by atoms with Gasteiger partial charge in [-0.3, -0.25) is 14.5 Å². The van der Waals surface area contributed by atoms with Gasteiger partial charge in [-0.25, -0.2) is 0 Å². The maximum absolute atomic E-state index is 12.4. The fraction of sp³-hybridized carbons (Fsp3) is 0.619. The number of para-hydroxylation sites is 1. The molecule has 1 aromatic carbocycles. The number of hydrogen-bond donors (Lipinski definition) is 2. The van der Waals surface area contributed by atoms with E-state index in [0.717, 1.165) is 37.9 Å². The third-order valence-electron chi connectivity index (χ3n) is 6.02. The van der Waals surface area contributed by atoms with Crippen LogP contribution in [0, 0.1) is 5.92 Å². The Morgan fingerprint density at radius 3 is 2.70 bits per heavy atom. The van der Waals surface area contributed by atoms with E-state index in [9.17, 15) is 14.7 Å². The van der Waals surface area contributed by atoms with E-state index in [0.29, 0.717) is 18.9 Å². The fourth-order valence-electron chi connectivity index (χ4n) is 4.60. The minimum absolute atomic E-state index is 0.0603. The van der Waals surface area contributed by atoms with Crippen molar-refractivity contribution in [2.24, 2.45) is 5.92 Å². The first-order chi connectivity index (χ1) is 13.1. The summed E-state index contributed by atoms with van der Waals surface area (Å²) in [6, 6.07) is 9.92. The number of carbonyl (C=O) groups is 2. The molecule has 0 radical (unpaired) electrons. The number of carboxylic acids is 1. The summed E-state index contributed by atoms with van der Waals surface area (Å²) in [5.41, 5.74) is 1.16. The number of carbonyl (C=O) groups excluding carboxylic acids is 1. The van der Waals surface area contributed by atoms with Gasteiger partial charge < -0.3 is 15.3 Å². The first kappa shape index (κ1) is 19.7. The van der Waals surface area contributed by atoms with E-state index in [1.165, 1.54) is 6.42 Å². The Kier molecular flexibility index (Phi) is 6.72. The summed E-state index contributed by atoms with van der Waals surface area (Å²) in [4.78, 5) is 28.1. The van der Waals surface area contributed by atoms with Gasteiger partial charge in [0.15, 0.2) is 0 Å². The predicted octanol–water partition coefficient (Wildman–Crippen LogP) is 2.35. The van der Waals surface area contributed by atoms with Gasteiger partial charge in [0, 0.05) is 31.9 Å². The van der Waals surface area contributed by atoms with E-state index in [2.05, 4.69) is 22.3 Å². The van der Waals surface area contributed by atoms with Crippen LogP contribution in [-0.2, 0) is 9.59 Å². The average Bonchev–Trinajstić information content (AvgIpc) is 3.04. The van der Waals surface area contributed by atoms with Crippen LogP contribution in [0.3, 0.4) is 0 Å². The lowest BCUT2D eigenvalue weighted by molar-refractivity contribution is -0.143. The molecule has 1 aromatic rings. The largest absolute Gasteiger partial charge is 0.480 e. The van der Waals surface area contributed by atoms with Gasteiger partial charge in [0.05, 0.1) is 6.54 Å². The highest BCUT2D eigenvalue weighted by Crippen LogP contribution is 2.39. The van der Waals surface area contributed by atoms with Gasteiger partial charge in [0.1, 0.15) is 6.04 Å². The molecule has 0 aromatic heterocycles. The molecule has 2 aliphatic rings. The van der Waals surface area contributed by atoms with Crippen molar-refractivity contribution in [1.29, 1.82) is 0 Å². The molecule has 148 valence electrons. The van der Waals surface area contributed by atoms with E-state index in [4.69, 9.17) is 0 Å². The maximum atomic E-state index is 12.4. The van der Waals surface area contributed by atoms with Crippen molar-refractivity contribution in [2.45, 2.75) is 50.6 Å². The van der Waals surface area contributed by atoms with Crippen LogP contribution < -0.4 is 10.2 Å². The number of nitrogens with zero attached hydrogens (tertiary/aromatic N) is 2. The van der Waals surface area contributed by atoms with Gasteiger partial charge >= 0.3 is 5.97 Å². The van der Waals surface area contributed by atoms with E-state index in [-0.39, 0.29) is 18.5 Å². The van der Waals surface area contributed by atoms with Gasteiger partial charge in [-0.15, -0.1) is 0 Å². The first-order valence-corrected chi connectivity index (χ1v) is 10.1. The molecule has 27 heavy (non-hydrogen) atoms. The van der Waals surface area contributed by atoms with E-state index >= 15 is 0 Å². The number of likely N-dealkylation sites (tertiary alicyclic amines) is 1. The van der Waals surface area contributed by atoms with E-state index in [1.807, 2.05) is 30.1 Å². The number of carboxylic acid groups (broad SMARTS) is 1. The van der Waals surface area contributed by atoms with Crippen molar-refractivity contribution < 1.29 is 14.7 Å². The van der Waals surface area contributed by atoms with Crippen LogP contribution in [0.4, 0.5) is 5.69 Å². The van der Waals surface area contributed by atoms with Crippen molar-refractivity contribution in [3.05, 3.63) is 30.3 Å². The van der Waals surface area contributed by atoms with Gasteiger partial charge in [-0.1, -0.05) is 31.0 Å². The molecule has 1 saturated heterocycles. The van der Waals surface area contributed by atoms with Crippen molar-refractivity contribution in [2.75, 3.05) is 31.6 Å². The van der Waals surface area contributed by atoms with E-state index < -0.39 is 12.0 Å². The van der Waals surface area contributed by atoms with Crippen LogP contribution in [0.2, 0.25) is 0 Å². The second-order valence-corrected chi connectivity index (χ2v) is 7.83. The summed E-state index contributed by atoms with van der Waals surface area (Å²) >= 11 is 0. The number of benzene rings is 1. The lowest BCUT2D eigenvalue weighted by Gasteiger charge is -2.32. The molecule has 3 unspecified atom stereocenters. The Labute approximate surface area is 161 Å². The second-order valence-electron chi connectivity index (χ2n) is 7.83. The topological polar surface area (TPSA) is 72.9 Å². The van der Waals surface area contributed by atoms with Gasteiger partial charge in [0.2, 0.25) is 5.91 Å². The molecule has 0 spiro atoms. The molecule has 1 aliphatic heterocycles. The highest BCUT2D eigenvalue weighted by Gasteiger charge is 2.45. The van der Waals surface area contributed by atoms with Crippen LogP contribution in [0.1, 0.15) is 38.5 Å². The molecule has 3 rings (SSSR count). The standard InChI is InChI=1S/C21H31N3O3/c1-23(17-9-3-2-4-10-17)13-7-12-22-20(25)15-24-18-11-6-5-8-16(18)14-19(24)21(26)27/h2-4,9-10,16,18-19H,5-8,11-15H2,1H3,(H,22,25)(H,26,27). The monoisotopic (exact) mass is 373 g/mol. The molecule has 1 aliphatic carbocycles. The summed E-state index contributed by atoms with van der Waals surface area (Å²) in [5.74, 6) is -0.413. The third-order valence-corrected chi connectivity index (χ3v) is 6.02. The lowest BCUT2D eigenvalue weighted by atomic mass is 9.85. The fourth-order valence-corrected chi connectivity index (χ4v) is 4.60. The molecule has 1 amide bonds. The Balaban J connectivity index is 1.43. The van der Waals surface area contributed by atoms with Crippen LogP contribution in [0.5, 0.6) is 0 Å². The Morgan fingerprint density at radius 2 is 1.96 bits per heavy atom. The highest BCUT2D eigenvalue weighted by molar-refractivity contribution is 5.80. The zero-order valence-corrected chi connectivity index (χ0v) is 16.1. The highest BCUT2D eigenvalue weighted by atomic mass is 16.4. The summed E-state index contributed by atoms with van der Waals surface area (Å²) in [6.07, 6.45) is 5.97. The molecule has 6 nitrogen and oxygen atoms in total. The number of nitrogens with one attached hydrogen (secondary N) is 1. The zero-order valence-electron chi connectivity index (χ0n) is 16.1. The molecular weight excluding hydrogens is 342 g/mol. The minimum Gasteiger partial charge on any atom is -0.480 e. The second kappa shape index (κ2) is 9.22. The molecule has 1 heterocycles. The smallest absolute Gasteiger partial charge is 0.320 e. The van der Waals surface area contributed by atoms with Crippen molar-refractivity contribution >= 4 is 17.6 Å². The number of fused-ring (bicyclic) bond motifs is 1. The third kappa shape index (κ3) is 5.01. The number of rotatable bonds is 8. The quantitative estimate of drug-likeness (QED) is 0.685. The van der Waals surface area contributed by atoms with Crippen LogP contribution >= 0.6 is 0 Å². The van der Waals surface area contributed by atoms with Crippen LogP contribution in [0.25, 0.3) is 0 Å². The minimum atomic E-state index is -0.790. The van der Waals surface area contributed by atoms with Crippen molar-refractivity contribution in [3.63, 3.8) is 0 Å². The van der Waals surface area contributed by atoms with Crippen molar-refractivity contribution in [3.8, 4) is 0 Å². The summed E-state index contributed by atoms with van der Waals surface area (Å²) in [6.45, 7) is 1.67. The first-order valence-electron chi connectivity index (χ1n) is 10.1. The number of hydrogen-bond acceptors (Lipinski definition) is 4. The maximum Gasteiger partial charge on any atom is 0.320 e.